The molecule has 7 nitrogen and oxygen atoms in total. The standard InChI is InChI=1S/C12H17NO6S2/c1-9-3-5-10(6-4-9)21(18,19)13-11(12(14)15)7-8-20(2,16)17/h3-6,11,13H,7-8H2,1-2H3,(H,14,15). The van der Waals surface area contributed by atoms with E-state index in [0.29, 0.717) is 0 Å². The van der Waals surface area contributed by atoms with Crippen LogP contribution in [0.4, 0.5) is 0 Å². The maximum Gasteiger partial charge on any atom is 0.321 e. The van der Waals surface area contributed by atoms with Crippen LogP contribution in [0.5, 0.6) is 0 Å². The fourth-order valence-electron chi connectivity index (χ4n) is 1.54. The minimum atomic E-state index is -4.01. The van der Waals surface area contributed by atoms with Gasteiger partial charge < -0.3 is 5.11 Å². The first kappa shape index (κ1) is 17.6. The number of benzene rings is 1. The highest BCUT2D eigenvalue weighted by molar-refractivity contribution is 7.90. The molecule has 0 aliphatic rings. The first-order valence-electron chi connectivity index (χ1n) is 6.01. The van der Waals surface area contributed by atoms with Crippen LogP contribution in [0, 0.1) is 6.92 Å². The van der Waals surface area contributed by atoms with Crippen molar-refractivity contribution in [3.63, 3.8) is 0 Å². The van der Waals surface area contributed by atoms with Gasteiger partial charge in [0.05, 0.1) is 10.6 Å². The molecule has 0 saturated carbocycles. The van der Waals surface area contributed by atoms with Crippen LogP contribution in [-0.2, 0) is 24.7 Å². The smallest absolute Gasteiger partial charge is 0.321 e. The minimum absolute atomic E-state index is 0.0706. The van der Waals surface area contributed by atoms with E-state index in [4.69, 9.17) is 5.11 Å². The van der Waals surface area contributed by atoms with Crippen LogP contribution in [0.2, 0.25) is 0 Å². The number of carboxylic acids is 1. The van der Waals surface area contributed by atoms with Gasteiger partial charge in [-0.3, -0.25) is 4.79 Å². The van der Waals surface area contributed by atoms with Gasteiger partial charge in [0.25, 0.3) is 0 Å². The third-order valence-corrected chi connectivity index (χ3v) is 5.17. The Labute approximate surface area is 124 Å². The lowest BCUT2D eigenvalue weighted by Crippen LogP contribution is -2.41. The van der Waals surface area contributed by atoms with Gasteiger partial charge in [0.15, 0.2) is 0 Å². The van der Waals surface area contributed by atoms with Crippen molar-refractivity contribution in [3.8, 4) is 0 Å². The van der Waals surface area contributed by atoms with Crippen LogP contribution in [0.3, 0.4) is 0 Å². The van der Waals surface area contributed by atoms with Gasteiger partial charge in [-0.15, -0.1) is 0 Å². The summed E-state index contributed by atoms with van der Waals surface area (Å²) in [6, 6.07) is 4.38. The number of hydrogen-bond donors (Lipinski definition) is 2. The zero-order chi connectivity index (χ0) is 16.3. The van der Waals surface area contributed by atoms with Crippen LogP contribution in [-0.4, -0.2) is 46.0 Å². The average Bonchev–Trinajstić information content (AvgIpc) is 2.33. The monoisotopic (exact) mass is 335 g/mol. The van der Waals surface area contributed by atoms with Crippen LogP contribution in [0.15, 0.2) is 29.2 Å². The number of sulfonamides is 1. The third kappa shape index (κ3) is 5.82. The molecule has 118 valence electrons. The summed E-state index contributed by atoms with van der Waals surface area (Å²) in [7, 11) is -7.39. The van der Waals surface area contributed by atoms with E-state index in [1.54, 1.807) is 19.1 Å². The first-order valence-corrected chi connectivity index (χ1v) is 9.55. The molecule has 0 aliphatic heterocycles. The Morgan fingerprint density at radius 3 is 2.14 bits per heavy atom. The van der Waals surface area contributed by atoms with E-state index in [1.807, 2.05) is 4.72 Å². The van der Waals surface area contributed by atoms with E-state index >= 15 is 0 Å². The van der Waals surface area contributed by atoms with Gasteiger partial charge in [-0.25, -0.2) is 16.8 Å². The maximum atomic E-state index is 12.1. The Kier molecular flexibility index (Phi) is 5.48. The Bertz CT molecular complexity index is 707. The van der Waals surface area contributed by atoms with Crippen LogP contribution in [0.1, 0.15) is 12.0 Å². The number of carbonyl (C=O) groups is 1. The van der Waals surface area contributed by atoms with E-state index in [-0.39, 0.29) is 11.3 Å². The quantitative estimate of drug-likeness (QED) is 0.733. The Morgan fingerprint density at radius 2 is 1.71 bits per heavy atom. The second kappa shape index (κ2) is 6.54. The van der Waals surface area contributed by atoms with Gasteiger partial charge in [-0.1, -0.05) is 17.7 Å². The molecule has 0 amide bonds. The molecule has 1 atom stereocenters. The summed E-state index contributed by atoms with van der Waals surface area (Å²) >= 11 is 0. The maximum absolute atomic E-state index is 12.1. The van der Waals surface area contributed by atoms with Gasteiger partial charge >= 0.3 is 5.97 Å². The molecule has 2 N–H and O–H groups in total. The first-order chi connectivity index (χ1) is 9.51. The van der Waals surface area contributed by atoms with Gasteiger partial charge in [0.2, 0.25) is 10.0 Å². The molecule has 1 unspecified atom stereocenters. The van der Waals surface area contributed by atoms with Gasteiger partial charge in [-0.2, -0.15) is 4.72 Å². The molecule has 1 rings (SSSR count). The zero-order valence-corrected chi connectivity index (χ0v) is 13.2. The second-order valence-electron chi connectivity index (χ2n) is 4.74. The summed E-state index contributed by atoms with van der Waals surface area (Å²) < 4.78 is 48.2. The number of sulfone groups is 1. The molecule has 0 spiro atoms. The number of aryl methyl sites for hydroxylation is 1. The van der Waals surface area contributed by atoms with E-state index in [2.05, 4.69) is 0 Å². The molecule has 1 aromatic rings. The molecule has 0 saturated heterocycles. The van der Waals surface area contributed by atoms with Crippen molar-refractivity contribution in [2.75, 3.05) is 12.0 Å². The third-order valence-electron chi connectivity index (χ3n) is 2.70. The van der Waals surface area contributed by atoms with Crippen molar-refractivity contribution >= 4 is 25.8 Å². The molecule has 9 heteroatoms. The largest absolute Gasteiger partial charge is 0.480 e. The Morgan fingerprint density at radius 1 is 1.19 bits per heavy atom. The fraction of sp³-hybridized carbons (Fsp3) is 0.417. The highest BCUT2D eigenvalue weighted by Gasteiger charge is 2.26. The van der Waals surface area contributed by atoms with Crippen LogP contribution in [0.25, 0.3) is 0 Å². The molecule has 1 aromatic carbocycles. The average molecular weight is 335 g/mol. The molecule has 0 aliphatic carbocycles. The minimum Gasteiger partial charge on any atom is -0.480 e. The van der Waals surface area contributed by atoms with E-state index < -0.39 is 37.6 Å². The molecule has 0 bridgehead atoms. The van der Waals surface area contributed by atoms with Crippen molar-refractivity contribution in [3.05, 3.63) is 29.8 Å². The number of hydrogen-bond acceptors (Lipinski definition) is 5. The topological polar surface area (TPSA) is 118 Å². The number of rotatable bonds is 7. The van der Waals surface area contributed by atoms with Crippen molar-refractivity contribution < 1.29 is 26.7 Å². The summed E-state index contributed by atoms with van der Waals surface area (Å²) in [6.07, 6.45) is 0.625. The van der Waals surface area contributed by atoms with E-state index in [9.17, 15) is 21.6 Å². The summed E-state index contributed by atoms with van der Waals surface area (Å²) in [6.45, 7) is 1.79. The fourth-order valence-corrected chi connectivity index (χ4v) is 3.43. The lowest BCUT2D eigenvalue weighted by Gasteiger charge is -2.14. The normalized spacial score (nSPS) is 13.8. The van der Waals surface area contributed by atoms with Crippen molar-refractivity contribution in [2.24, 2.45) is 0 Å². The summed E-state index contributed by atoms with van der Waals surface area (Å²) in [5.74, 6) is -1.84. The molecule has 0 aromatic heterocycles. The molecule has 0 radical (unpaired) electrons. The number of carboxylic acid groups (broad SMARTS) is 1. The molecular formula is C12H17NO6S2. The van der Waals surface area contributed by atoms with Gasteiger partial charge in [-0.05, 0) is 25.5 Å². The summed E-state index contributed by atoms with van der Waals surface area (Å²) in [5.41, 5.74) is 0.862. The highest BCUT2D eigenvalue weighted by atomic mass is 32.2. The van der Waals surface area contributed by atoms with Crippen molar-refractivity contribution in [1.29, 1.82) is 0 Å². The summed E-state index contributed by atoms with van der Waals surface area (Å²) in [4.78, 5) is 11.0. The van der Waals surface area contributed by atoms with E-state index in [1.165, 1.54) is 12.1 Å². The van der Waals surface area contributed by atoms with Crippen molar-refractivity contribution in [1.82, 2.24) is 4.72 Å². The van der Waals surface area contributed by atoms with Crippen LogP contribution >= 0.6 is 0 Å². The number of nitrogens with one attached hydrogen (secondary N) is 1. The summed E-state index contributed by atoms with van der Waals surface area (Å²) in [5, 5.41) is 9.00. The molecule has 0 fully saturated rings. The van der Waals surface area contributed by atoms with Gasteiger partial charge in [0.1, 0.15) is 15.9 Å². The second-order valence-corrected chi connectivity index (χ2v) is 8.72. The van der Waals surface area contributed by atoms with Crippen molar-refractivity contribution in [2.45, 2.75) is 24.3 Å². The lowest BCUT2D eigenvalue weighted by atomic mass is 10.2. The highest BCUT2D eigenvalue weighted by Crippen LogP contribution is 2.11. The Hall–Kier alpha value is -1.45. The predicted octanol–water partition coefficient (Wildman–Crippen LogP) is 0.161. The Balaban J connectivity index is 2.92. The zero-order valence-electron chi connectivity index (χ0n) is 11.6. The number of aliphatic carboxylic acids is 1. The molecule has 0 heterocycles. The predicted molar refractivity (Wildman–Crippen MR) is 77.3 cm³/mol. The molecule has 21 heavy (non-hydrogen) atoms. The van der Waals surface area contributed by atoms with E-state index in [0.717, 1.165) is 11.8 Å². The van der Waals surface area contributed by atoms with Gasteiger partial charge in [0, 0.05) is 6.26 Å². The molecular weight excluding hydrogens is 318 g/mol. The SMILES string of the molecule is Cc1ccc(S(=O)(=O)NC(CCS(C)(=O)=O)C(=O)O)cc1. The van der Waals surface area contributed by atoms with Crippen LogP contribution < -0.4 is 4.72 Å². The lowest BCUT2D eigenvalue weighted by molar-refractivity contribution is -0.139.